The first-order chi connectivity index (χ1) is 6.83. The van der Waals surface area contributed by atoms with Crippen molar-refractivity contribution in [3.8, 4) is 0 Å². The highest BCUT2D eigenvalue weighted by atomic mass is 32.2. The van der Waals surface area contributed by atoms with Crippen molar-refractivity contribution in [2.45, 2.75) is 57.9 Å². The second-order valence-electron chi connectivity index (χ2n) is 4.54. The van der Waals surface area contributed by atoms with Crippen LogP contribution in [0.3, 0.4) is 0 Å². The lowest BCUT2D eigenvalue weighted by Crippen LogP contribution is -2.18. The first-order valence-corrected chi connectivity index (χ1v) is 7.31. The quantitative estimate of drug-likeness (QED) is 0.659. The van der Waals surface area contributed by atoms with Gasteiger partial charge in [-0.05, 0) is 49.5 Å². The molecule has 84 valence electrons. The van der Waals surface area contributed by atoms with Gasteiger partial charge in [-0.1, -0.05) is 19.8 Å². The minimum Gasteiger partial charge on any atom is -0.328 e. The average molecular weight is 215 g/mol. The fourth-order valence-corrected chi connectivity index (χ4v) is 3.28. The second-order valence-corrected chi connectivity index (χ2v) is 5.69. The van der Waals surface area contributed by atoms with E-state index in [1.54, 1.807) is 0 Å². The first-order valence-electron chi connectivity index (χ1n) is 6.16. The van der Waals surface area contributed by atoms with E-state index in [-0.39, 0.29) is 0 Å². The molecule has 1 rings (SSSR count). The molecular weight excluding hydrogens is 190 g/mol. The summed E-state index contributed by atoms with van der Waals surface area (Å²) in [6.07, 6.45) is 9.59. The van der Waals surface area contributed by atoms with E-state index in [1.807, 2.05) is 0 Å². The molecule has 1 unspecified atom stereocenters. The molecule has 0 heterocycles. The monoisotopic (exact) mass is 215 g/mol. The zero-order valence-corrected chi connectivity index (χ0v) is 10.3. The molecule has 0 aromatic heterocycles. The van der Waals surface area contributed by atoms with E-state index in [0.29, 0.717) is 6.04 Å². The van der Waals surface area contributed by atoms with Crippen molar-refractivity contribution in [2.75, 3.05) is 11.5 Å². The Bertz CT molecular complexity index is 132. The van der Waals surface area contributed by atoms with Gasteiger partial charge >= 0.3 is 0 Å². The Hall–Kier alpha value is 0.310. The summed E-state index contributed by atoms with van der Waals surface area (Å²) in [6.45, 7) is 2.18. The van der Waals surface area contributed by atoms with E-state index in [2.05, 4.69) is 18.7 Å². The lowest BCUT2D eigenvalue weighted by molar-refractivity contribution is 0.588. The molecule has 0 bridgehead atoms. The van der Waals surface area contributed by atoms with Crippen LogP contribution in [0, 0.1) is 5.92 Å². The first kappa shape index (κ1) is 12.4. The zero-order valence-electron chi connectivity index (χ0n) is 9.50. The van der Waals surface area contributed by atoms with Crippen LogP contribution in [0.4, 0.5) is 0 Å². The lowest BCUT2D eigenvalue weighted by Gasteiger charge is -2.10. The van der Waals surface area contributed by atoms with Gasteiger partial charge in [-0.25, -0.2) is 0 Å². The van der Waals surface area contributed by atoms with Crippen LogP contribution in [0.2, 0.25) is 0 Å². The third-order valence-electron chi connectivity index (χ3n) is 3.22. The molecular formula is C12H25NS. The number of nitrogens with two attached hydrogens (primary N) is 1. The van der Waals surface area contributed by atoms with Gasteiger partial charge in [-0.3, -0.25) is 0 Å². The molecule has 1 aliphatic carbocycles. The highest BCUT2D eigenvalue weighted by Gasteiger charge is 2.14. The number of hydrogen-bond acceptors (Lipinski definition) is 2. The zero-order chi connectivity index (χ0) is 10.2. The number of hydrogen-bond donors (Lipinski definition) is 1. The normalized spacial score (nSPS) is 20.1. The summed E-state index contributed by atoms with van der Waals surface area (Å²) in [5.41, 5.74) is 5.87. The Kier molecular flexibility index (Phi) is 6.70. The Labute approximate surface area is 93.2 Å². The summed E-state index contributed by atoms with van der Waals surface area (Å²) in [6, 6.07) is 0.446. The van der Waals surface area contributed by atoms with Gasteiger partial charge in [0.15, 0.2) is 0 Å². The van der Waals surface area contributed by atoms with Crippen molar-refractivity contribution >= 4 is 11.8 Å². The predicted octanol–water partition coefficient (Wildman–Crippen LogP) is 3.43. The minimum atomic E-state index is 0.446. The molecule has 2 heteroatoms. The van der Waals surface area contributed by atoms with Gasteiger partial charge in [0.1, 0.15) is 0 Å². The van der Waals surface area contributed by atoms with Gasteiger partial charge in [0.2, 0.25) is 0 Å². The summed E-state index contributed by atoms with van der Waals surface area (Å²) in [4.78, 5) is 0. The van der Waals surface area contributed by atoms with E-state index >= 15 is 0 Å². The second kappa shape index (κ2) is 7.58. The van der Waals surface area contributed by atoms with E-state index in [4.69, 9.17) is 5.73 Å². The maximum absolute atomic E-state index is 5.87. The van der Waals surface area contributed by atoms with Crippen LogP contribution in [0.25, 0.3) is 0 Å². The predicted molar refractivity (Wildman–Crippen MR) is 66.8 cm³/mol. The molecule has 0 radical (unpaired) electrons. The fraction of sp³-hybridized carbons (Fsp3) is 1.00. The summed E-state index contributed by atoms with van der Waals surface area (Å²) in [5.74, 6) is 3.77. The largest absolute Gasteiger partial charge is 0.328 e. The van der Waals surface area contributed by atoms with E-state index < -0.39 is 0 Å². The highest BCUT2D eigenvalue weighted by molar-refractivity contribution is 7.99. The lowest BCUT2D eigenvalue weighted by atomic mass is 10.1. The van der Waals surface area contributed by atoms with Crippen LogP contribution < -0.4 is 5.73 Å². The molecule has 1 fully saturated rings. The SMILES string of the molecule is CCC(N)CCCSCC1CCCC1. The van der Waals surface area contributed by atoms with Crippen molar-refractivity contribution in [1.29, 1.82) is 0 Å². The Morgan fingerprint density at radius 3 is 2.71 bits per heavy atom. The topological polar surface area (TPSA) is 26.0 Å². The molecule has 1 nitrogen and oxygen atoms in total. The maximum atomic E-state index is 5.87. The molecule has 1 atom stereocenters. The summed E-state index contributed by atoms with van der Waals surface area (Å²) in [7, 11) is 0. The van der Waals surface area contributed by atoms with Crippen LogP contribution >= 0.6 is 11.8 Å². The van der Waals surface area contributed by atoms with Crippen molar-refractivity contribution in [2.24, 2.45) is 11.7 Å². The van der Waals surface area contributed by atoms with Crippen LogP contribution in [-0.4, -0.2) is 17.5 Å². The fourth-order valence-electron chi connectivity index (χ4n) is 2.08. The van der Waals surface area contributed by atoms with Gasteiger partial charge in [-0.2, -0.15) is 11.8 Å². The van der Waals surface area contributed by atoms with Crippen molar-refractivity contribution in [3.05, 3.63) is 0 Å². The third kappa shape index (κ3) is 5.26. The van der Waals surface area contributed by atoms with Crippen LogP contribution in [-0.2, 0) is 0 Å². The Morgan fingerprint density at radius 1 is 1.36 bits per heavy atom. The smallest absolute Gasteiger partial charge is 0.00364 e. The van der Waals surface area contributed by atoms with Gasteiger partial charge in [0.05, 0.1) is 0 Å². The molecule has 14 heavy (non-hydrogen) atoms. The molecule has 0 amide bonds. The minimum absolute atomic E-state index is 0.446. The molecule has 0 aliphatic heterocycles. The maximum Gasteiger partial charge on any atom is 0.00364 e. The highest BCUT2D eigenvalue weighted by Crippen LogP contribution is 2.28. The van der Waals surface area contributed by atoms with E-state index in [9.17, 15) is 0 Å². The number of thioether (sulfide) groups is 1. The third-order valence-corrected chi connectivity index (χ3v) is 4.50. The van der Waals surface area contributed by atoms with Gasteiger partial charge in [0, 0.05) is 6.04 Å². The van der Waals surface area contributed by atoms with E-state index in [1.165, 1.54) is 50.0 Å². The summed E-state index contributed by atoms with van der Waals surface area (Å²) in [5, 5.41) is 0. The molecule has 2 N–H and O–H groups in total. The molecule has 0 aromatic carbocycles. The Balaban J connectivity index is 1.84. The van der Waals surface area contributed by atoms with Crippen LogP contribution in [0.5, 0.6) is 0 Å². The van der Waals surface area contributed by atoms with Crippen LogP contribution in [0.1, 0.15) is 51.9 Å². The van der Waals surface area contributed by atoms with Gasteiger partial charge < -0.3 is 5.73 Å². The van der Waals surface area contributed by atoms with Gasteiger partial charge in [0.25, 0.3) is 0 Å². The molecule has 1 aliphatic rings. The van der Waals surface area contributed by atoms with Crippen LogP contribution in [0.15, 0.2) is 0 Å². The Morgan fingerprint density at radius 2 is 2.07 bits per heavy atom. The van der Waals surface area contributed by atoms with Crippen molar-refractivity contribution < 1.29 is 0 Å². The van der Waals surface area contributed by atoms with Crippen molar-refractivity contribution in [1.82, 2.24) is 0 Å². The molecule has 1 saturated carbocycles. The standard InChI is InChI=1S/C12H25NS/c1-2-12(13)8-5-9-14-10-11-6-3-4-7-11/h11-12H,2-10,13H2,1H3. The van der Waals surface area contributed by atoms with Gasteiger partial charge in [-0.15, -0.1) is 0 Å². The summed E-state index contributed by atoms with van der Waals surface area (Å²) < 4.78 is 0. The molecule has 0 spiro atoms. The average Bonchev–Trinajstić information content (AvgIpc) is 2.69. The number of rotatable bonds is 7. The van der Waals surface area contributed by atoms with Crippen molar-refractivity contribution in [3.63, 3.8) is 0 Å². The molecule has 0 aromatic rings. The summed E-state index contributed by atoms with van der Waals surface area (Å²) >= 11 is 2.15. The van der Waals surface area contributed by atoms with E-state index in [0.717, 1.165) is 12.3 Å². The molecule has 0 saturated heterocycles.